The fraction of sp³-hybridized carbons (Fsp3) is 0.625. The van der Waals surface area contributed by atoms with Gasteiger partial charge in [-0.25, -0.2) is 0 Å². The number of nitrogens with one attached hydrogen (secondary N) is 1. The third-order valence-electron chi connectivity index (χ3n) is 4.39. The minimum Gasteiger partial charge on any atom is -0.319 e. The van der Waals surface area contributed by atoms with Crippen LogP contribution in [0.25, 0.3) is 0 Å². The molecule has 1 aliphatic carbocycles. The minimum absolute atomic E-state index is 0.337. The molecule has 0 aromatic heterocycles. The molecule has 2 heteroatoms. The topological polar surface area (TPSA) is 12.0 Å². The monoisotopic (exact) mass is 265 g/mol. The van der Waals surface area contributed by atoms with Crippen LogP contribution in [0.4, 0.5) is 0 Å². The molecule has 0 amide bonds. The molecule has 0 saturated heterocycles. The lowest BCUT2D eigenvalue weighted by atomic mass is 9.54. The summed E-state index contributed by atoms with van der Waals surface area (Å²) in [5, 5.41) is 4.23. The zero-order chi connectivity index (χ0) is 13.2. The van der Waals surface area contributed by atoms with Gasteiger partial charge in [-0.2, -0.15) is 0 Å². The summed E-state index contributed by atoms with van der Waals surface area (Å²) in [6.07, 6.45) is 3.99. The van der Waals surface area contributed by atoms with E-state index in [4.69, 9.17) is 11.6 Å². The molecule has 0 heterocycles. The van der Waals surface area contributed by atoms with Gasteiger partial charge < -0.3 is 5.32 Å². The molecule has 2 atom stereocenters. The summed E-state index contributed by atoms with van der Waals surface area (Å²) in [6.45, 7) is 5.72. The van der Waals surface area contributed by atoms with Crippen molar-refractivity contribution in [1.29, 1.82) is 0 Å². The van der Waals surface area contributed by atoms with Crippen molar-refractivity contribution in [2.75, 3.05) is 13.6 Å². The predicted octanol–water partition coefficient (Wildman–Crippen LogP) is 4.25. The smallest absolute Gasteiger partial charge is 0.0406 e. The maximum absolute atomic E-state index is 6.01. The van der Waals surface area contributed by atoms with Gasteiger partial charge in [-0.3, -0.25) is 0 Å². The first-order valence-electron chi connectivity index (χ1n) is 6.99. The SMILES string of the molecule is CNCC1(c2ccc(Cl)cc2)CCC1CC(C)C. The third-order valence-corrected chi connectivity index (χ3v) is 4.64. The highest BCUT2D eigenvalue weighted by atomic mass is 35.5. The van der Waals surface area contributed by atoms with Crippen molar-refractivity contribution in [2.45, 2.75) is 38.5 Å². The first-order valence-corrected chi connectivity index (χ1v) is 7.37. The molecule has 0 bridgehead atoms. The summed E-state index contributed by atoms with van der Waals surface area (Å²) in [4.78, 5) is 0. The fourth-order valence-electron chi connectivity index (χ4n) is 3.42. The Morgan fingerprint density at radius 2 is 2.00 bits per heavy atom. The van der Waals surface area contributed by atoms with Crippen LogP contribution >= 0.6 is 11.6 Å². The van der Waals surface area contributed by atoms with Crippen LogP contribution in [0.3, 0.4) is 0 Å². The Balaban J connectivity index is 2.24. The highest BCUT2D eigenvalue weighted by molar-refractivity contribution is 6.30. The van der Waals surface area contributed by atoms with Crippen molar-refractivity contribution >= 4 is 11.6 Å². The number of halogens is 1. The Bertz CT molecular complexity index is 385. The summed E-state index contributed by atoms with van der Waals surface area (Å²) in [7, 11) is 2.06. The quantitative estimate of drug-likeness (QED) is 0.839. The van der Waals surface area contributed by atoms with Crippen LogP contribution in [-0.4, -0.2) is 13.6 Å². The predicted molar refractivity (Wildman–Crippen MR) is 79.2 cm³/mol. The molecule has 0 radical (unpaired) electrons. The normalized spacial score (nSPS) is 27.3. The van der Waals surface area contributed by atoms with Crippen molar-refractivity contribution in [3.63, 3.8) is 0 Å². The van der Waals surface area contributed by atoms with E-state index < -0.39 is 0 Å². The van der Waals surface area contributed by atoms with E-state index in [1.807, 2.05) is 12.1 Å². The van der Waals surface area contributed by atoms with Crippen molar-refractivity contribution in [1.82, 2.24) is 5.32 Å². The number of rotatable bonds is 5. The summed E-state index contributed by atoms with van der Waals surface area (Å²) < 4.78 is 0. The number of hydrogen-bond donors (Lipinski definition) is 1. The zero-order valence-corrected chi connectivity index (χ0v) is 12.4. The fourth-order valence-corrected chi connectivity index (χ4v) is 3.55. The Kier molecular flexibility index (Phi) is 4.34. The van der Waals surface area contributed by atoms with Gasteiger partial charge in [0.25, 0.3) is 0 Å². The second-order valence-corrected chi connectivity index (χ2v) is 6.49. The molecule has 100 valence electrons. The minimum atomic E-state index is 0.337. The van der Waals surface area contributed by atoms with Crippen LogP contribution in [0, 0.1) is 11.8 Å². The van der Waals surface area contributed by atoms with E-state index in [-0.39, 0.29) is 0 Å². The standard InChI is InChI=1S/C16H24ClN/c1-12(2)10-14-8-9-16(14,11-18-3)13-4-6-15(17)7-5-13/h4-7,12,14,18H,8-11H2,1-3H3. The van der Waals surface area contributed by atoms with Gasteiger partial charge in [0.15, 0.2) is 0 Å². The molecule has 0 aliphatic heterocycles. The molecule has 1 aliphatic rings. The lowest BCUT2D eigenvalue weighted by molar-refractivity contribution is 0.0974. The molecule has 1 nitrogen and oxygen atoms in total. The van der Waals surface area contributed by atoms with Crippen LogP contribution in [0.1, 0.15) is 38.7 Å². The highest BCUT2D eigenvalue weighted by Crippen LogP contribution is 2.51. The molecule has 0 spiro atoms. The molecule has 1 fully saturated rings. The highest BCUT2D eigenvalue weighted by Gasteiger charge is 2.47. The average molecular weight is 266 g/mol. The average Bonchev–Trinajstić information content (AvgIpc) is 2.33. The third kappa shape index (κ3) is 2.57. The first-order chi connectivity index (χ1) is 8.58. The number of hydrogen-bond acceptors (Lipinski definition) is 1. The number of likely N-dealkylation sites (N-methyl/N-ethyl adjacent to an activating group) is 1. The zero-order valence-electron chi connectivity index (χ0n) is 11.7. The van der Waals surface area contributed by atoms with Gasteiger partial charge >= 0.3 is 0 Å². The molecular formula is C16H24ClN. The summed E-state index contributed by atoms with van der Waals surface area (Å²) >= 11 is 6.01. The molecule has 1 saturated carbocycles. The van der Waals surface area contributed by atoms with Crippen molar-refractivity contribution in [3.05, 3.63) is 34.9 Å². The van der Waals surface area contributed by atoms with E-state index in [1.54, 1.807) is 0 Å². The molecule has 18 heavy (non-hydrogen) atoms. The molecule has 1 N–H and O–H groups in total. The molecular weight excluding hydrogens is 242 g/mol. The Labute approximate surface area is 116 Å². The van der Waals surface area contributed by atoms with Crippen LogP contribution in [0.5, 0.6) is 0 Å². The van der Waals surface area contributed by atoms with Crippen LogP contribution in [-0.2, 0) is 5.41 Å². The summed E-state index contributed by atoms with van der Waals surface area (Å²) in [5.41, 5.74) is 1.79. The van der Waals surface area contributed by atoms with E-state index in [1.165, 1.54) is 24.8 Å². The van der Waals surface area contributed by atoms with Gasteiger partial charge in [0.2, 0.25) is 0 Å². The Morgan fingerprint density at radius 3 is 2.44 bits per heavy atom. The van der Waals surface area contributed by atoms with Crippen molar-refractivity contribution < 1.29 is 0 Å². The molecule has 1 aromatic carbocycles. The second kappa shape index (κ2) is 5.63. The summed E-state index contributed by atoms with van der Waals surface area (Å²) in [6, 6.07) is 8.48. The van der Waals surface area contributed by atoms with Crippen molar-refractivity contribution in [3.8, 4) is 0 Å². The largest absolute Gasteiger partial charge is 0.319 e. The Morgan fingerprint density at radius 1 is 1.33 bits per heavy atom. The van der Waals surface area contributed by atoms with E-state index in [0.717, 1.165) is 23.4 Å². The van der Waals surface area contributed by atoms with Crippen LogP contribution in [0.15, 0.2) is 24.3 Å². The maximum atomic E-state index is 6.01. The van der Waals surface area contributed by atoms with E-state index in [0.29, 0.717) is 5.41 Å². The van der Waals surface area contributed by atoms with Crippen molar-refractivity contribution in [2.24, 2.45) is 11.8 Å². The molecule has 1 aromatic rings. The van der Waals surface area contributed by atoms with Gasteiger partial charge in [0, 0.05) is 17.0 Å². The van der Waals surface area contributed by atoms with E-state index in [2.05, 4.69) is 38.3 Å². The van der Waals surface area contributed by atoms with Gasteiger partial charge in [-0.05, 0) is 55.8 Å². The molecule has 2 rings (SSSR count). The maximum Gasteiger partial charge on any atom is 0.0406 e. The van der Waals surface area contributed by atoms with Gasteiger partial charge in [0.1, 0.15) is 0 Å². The second-order valence-electron chi connectivity index (χ2n) is 6.06. The lowest BCUT2D eigenvalue weighted by Crippen LogP contribution is -2.51. The lowest BCUT2D eigenvalue weighted by Gasteiger charge is -2.51. The van der Waals surface area contributed by atoms with E-state index >= 15 is 0 Å². The van der Waals surface area contributed by atoms with Crippen LogP contribution in [0.2, 0.25) is 5.02 Å². The van der Waals surface area contributed by atoms with Gasteiger partial charge in [-0.15, -0.1) is 0 Å². The first kappa shape index (κ1) is 13.9. The van der Waals surface area contributed by atoms with Gasteiger partial charge in [-0.1, -0.05) is 37.6 Å². The summed E-state index contributed by atoms with van der Waals surface area (Å²) in [5.74, 6) is 1.59. The van der Waals surface area contributed by atoms with Crippen LogP contribution < -0.4 is 5.32 Å². The van der Waals surface area contributed by atoms with E-state index in [9.17, 15) is 0 Å². The van der Waals surface area contributed by atoms with Gasteiger partial charge in [0.05, 0.1) is 0 Å². The number of benzene rings is 1. The Hall–Kier alpha value is -0.530. The molecule has 2 unspecified atom stereocenters.